The number of likely N-dealkylation sites (tertiary alicyclic amines) is 1. The molecule has 29 heavy (non-hydrogen) atoms. The van der Waals surface area contributed by atoms with Crippen molar-refractivity contribution in [3.63, 3.8) is 0 Å². The molecule has 4 N–H and O–H groups in total. The molecule has 0 saturated carbocycles. The zero-order valence-corrected chi connectivity index (χ0v) is 16.9. The summed E-state index contributed by atoms with van der Waals surface area (Å²) in [5.41, 5.74) is 6.79. The number of nitrogens with two attached hydrogens (primary N) is 1. The number of halogens is 3. The maximum absolute atomic E-state index is 13.2. The minimum atomic E-state index is -4.54. The van der Waals surface area contributed by atoms with Gasteiger partial charge >= 0.3 is 6.18 Å². The first kappa shape index (κ1) is 21.6. The van der Waals surface area contributed by atoms with Gasteiger partial charge in [0.2, 0.25) is 5.79 Å². The van der Waals surface area contributed by atoms with Gasteiger partial charge in [-0.1, -0.05) is 0 Å². The molecule has 0 amide bonds. The van der Waals surface area contributed by atoms with Gasteiger partial charge in [0.05, 0.1) is 24.4 Å². The zero-order valence-electron chi connectivity index (χ0n) is 16.9. The monoisotopic (exact) mass is 415 g/mol. The molecular formula is C18H28F3N7O. The lowest BCUT2D eigenvalue weighted by atomic mass is 10.0. The molecule has 1 saturated heterocycles. The summed E-state index contributed by atoms with van der Waals surface area (Å²) in [4.78, 5) is 6.34. The summed E-state index contributed by atoms with van der Waals surface area (Å²) in [7, 11) is 3.10. The van der Waals surface area contributed by atoms with E-state index in [-0.39, 0.29) is 11.9 Å². The Morgan fingerprint density at radius 2 is 2.07 bits per heavy atom. The van der Waals surface area contributed by atoms with Gasteiger partial charge in [-0.2, -0.15) is 18.3 Å². The first-order valence-electron chi connectivity index (χ1n) is 9.57. The molecule has 1 aromatic rings. The SMILES string of the molecule is CNC1=C(C(F)(F)F)C=NC(N)(c2cnn(C3CCN(CCOC)CC3)c2C)N1. The highest BCUT2D eigenvalue weighted by Crippen LogP contribution is 2.33. The highest BCUT2D eigenvalue weighted by Gasteiger charge is 2.42. The van der Waals surface area contributed by atoms with E-state index in [1.807, 2.05) is 11.6 Å². The van der Waals surface area contributed by atoms with Gasteiger partial charge in [0.1, 0.15) is 11.4 Å². The summed E-state index contributed by atoms with van der Waals surface area (Å²) < 4.78 is 46.6. The van der Waals surface area contributed by atoms with Crippen molar-refractivity contribution in [2.45, 2.75) is 37.8 Å². The molecule has 3 heterocycles. The van der Waals surface area contributed by atoms with Crippen molar-refractivity contribution in [3.8, 4) is 0 Å². The molecule has 1 fully saturated rings. The zero-order chi connectivity index (χ0) is 21.2. The fourth-order valence-electron chi connectivity index (χ4n) is 3.84. The molecule has 1 atom stereocenters. The molecule has 1 aromatic heterocycles. The smallest absolute Gasteiger partial charge is 0.383 e. The van der Waals surface area contributed by atoms with Crippen LogP contribution in [0.1, 0.15) is 30.1 Å². The third kappa shape index (κ3) is 4.41. The lowest BCUT2D eigenvalue weighted by Gasteiger charge is -2.34. The Labute approximate surface area is 168 Å². The van der Waals surface area contributed by atoms with Crippen molar-refractivity contribution < 1.29 is 17.9 Å². The van der Waals surface area contributed by atoms with Crippen LogP contribution in [0.4, 0.5) is 13.2 Å². The van der Waals surface area contributed by atoms with Crippen LogP contribution >= 0.6 is 0 Å². The third-order valence-electron chi connectivity index (χ3n) is 5.51. The van der Waals surface area contributed by atoms with Crippen LogP contribution in [0, 0.1) is 6.92 Å². The molecule has 0 spiro atoms. The normalized spacial score (nSPS) is 24.1. The average Bonchev–Trinajstić information content (AvgIpc) is 3.08. The summed E-state index contributed by atoms with van der Waals surface area (Å²) in [5.74, 6) is -1.73. The number of aromatic nitrogens is 2. The molecule has 0 bridgehead atoms. The molecule has 0 radical (unpaired) electrons. The molecule has 3 rings (SSSR count). The number of nitrogens with zero attached hydrogens (tertiary/aromatic N) is 4. The van der Waals surface area contributed by atoms with Gasteiger partial charge in [-0.25, -0.2) is 4.99 Å². The Bertz CT molecular complexity index is 781. The van der Waals surface area contributed by atoms with E-state index >= 15 is 0 Å². The lowest BCUT2D eigenvalue weighted by molar-refractivity contribution is -0.0875. The summed E-state index contributed by atoms with van der Waals surface area (Å²) in [6.07, 6.45) is -0.317. The van der Waals surface area contributed by atoms with Crippen LogP contribution in [0.5, 0.6) is 0 Å². The number of hydrogen-bond acceptors (Lipinski definition) is 7. The minimum Gasteiger partial charge on any atom is -0.383 e. The van der Waals surface area contributed by atoms with Gasteiger partial charge in [0, 0.05) is 45.7 Å². The van der Waals surface area contributed by atoms with E-state index in [0.29, 0.717) is 12.2 Å². The Morgan fingerprint density at radius 3 is 2.66 bits per heavy atom. The lowest BCUT2D eigenvalue weighted by Crippen LogP contribution is -2.54. The first-order valence-corrected chi connectivity index (χ1v) is 9.57. The fraction of sp³-hybridized carbons (Fsp3) is 0.667. The number of alkyl halides is 3. The third-order valence-corrected chi connectivity index (χ3v) is 5.51. The van der Waals surface area contributed by atoms with Crippen molar-refractivity contribution >= 4 is 6.21 Å². The van der Waals surface area contributed by atoms with E-state index in [2.05, 4.69) is 25.6 Å². The molecule has 11 heteroatoms. The molecule has 162 valence electrons. The molecule has 1 unspecified atom stereocenters. The summed E-state index contributed by atoms with van der Waals surface area (Å²) in [6.45, 7) is 5.35. The number of aliphatic imine (C=N–C) groups is 1. The van der Waals surface area contributed by atoms with Crippen LogP contribution in [0.2, 0.25) is 0 Å². The molecular weight excluding hydrogens is 387 g/mol. The van der Waals surface area contributed by atoms with Gasteiger partial charge in [-0.05, 0) is 19.8 Å². The van der Waals surface area contributed by atoms with Crippen LogP contribution < -0.4 is 16.4 Å². The quantitative estimate of drug-likeness (QED) is 0.647. The summed E-state index contributed by atoms with van der Waals surface area (Å²) in [5, 5.41) is 9.71. The van der Waals surface area contributed by atoms with Gasteiger partial charge < -0.3 is 20.3 Å². The number of hydrogen-bond donors (Lipinski definition) is 3. The molecule has 0 aromatic carbocycles. The fourth-order valence-corrected chi connectivity index (χ4v) is 3.84. The highest BCUT2D eigenvalue weighted by molar-refractivity contribution is 5.82. The molecule has 8 nitrogen and oxygen atoms in total. The van der Waals surface area contributed by atoms with Gasteiger partial charge in [0.25, 0.3) is 0 Å². The van der Waals surface area contributed by atoms with Gasteiger partial charge in [-0.3, -0.25) is 10.4 Å². The van der Waals surface area contributed by atoms with Crippen LogP contribution in [0.25, 0.3) is 0 Å². The van der Waals surface area contributed by atoms with E-state index in [1.165, 1.54) is 7.05 Å². The van der Waals surface area contributed by atoms with Crippen LogP contribution in [0.3, 0.4) is 0 Å². The second kappa shape index (κ2) is 8.33. The number of allylic oxidation sites excluding steroid dienone is 1. The van der Waals surface area contributed by atoms with Gasteiger partial charge in [0.15, 0.2) is 0 Å². The predicted molar refractivity (Wildman–Crippen MR) is 103 cm³/mol. The van der Waals surface area contributed by atoms with Crippen molar-refractivity contribution in [2.75, 3.05) is 40.4 Å². The highest BCUT2D eigenvalue weighted by atomic mass is 19.4. The maximum atomic E-state index is 13.2. The second-order valence-electron chi connectivity index (χ2n) is 7.34. The summed E-state index contributed by atoms with van der Waals surface area (Å²) in [6, 6.07) is 0.212. The predicted octanol–water partition coefficient (Wildman–Crippen LogP) is 1.21. The maximum Gasteiger partial charge on any atom is 0.421 e. The van der Waals surface area contributed by atoms with E-state index in [1.54, 1.807) is 13.3 Å². The van der Waals surface area contributed by atoms with E-state index in [9.17, 15) is 13.2 Å². The van der Waals surface area contributed by atoms with Gasteiger partial charge in [-0.15, -0.1) is 0 Å². The Balaban J connectivity index is 1.76. The standard InChI is InChI=1S/C18H28F3N7O/c1-12-14(18(22)24-10-15(17(19,20)21)16(23-2)26-18)11-25-28(12)13-4-6-27(7-5-13)8-9-29-3/h10-11,13,23,26H,4-9,22H2,1-3H3. The molecule has 0 aliphatic carbocycles. The van der Waals surface area contributed by atoms with Crippen molar-refractivity contribution in [3.05, 3.63) is 28.8 Å². The minimum absolute atomic E-state index is 0.212. The van der Waals surface area contributed by atoms with E-state index in [4.69, 9.17) is 10.5 Å². The Kier molecular flexibility index (Phi) is 6.20. The van der Waals surface area contributed by atoms with Crippen LogP contribution in [-0.4, -0.2) is 67.5 Å². The number of nitrogens with one attached hydrogen (secondary N) is 2. The average molecular weight is 415 g/mol. The molecule has 2 aliphatic heterocycles. The number of methoxy groups -OCH3 is 1. The number of ether oxygens (including phenoxy) is 1. The number of rotatable bonds is 6. The first-order chi connectivity index (χ1) is 13.7. The van der Waals surface area contributed by atoms with Crippen molar-refractivity contribution in [1.29, 1.82) is 0 Å². The van der Waals surface area contributed by atoms with Crippen molar-refractivity contribution in [2.24, 2.45) is 10.7 Å². The largest absolute Gasteiger partial charge is 0.421 e. The van der Waals surface area contributed by atoms with Crippen LogP contribution in [-0.2, 0) is 10.5 Å². The Hall–Kier alpha value is -2.11. The van der Waals surface area contributed by atoms with E-state index in [0.717, 1.165) is 44.4 Å². The van der Waals surface area contributed by atoms with E-state index < -0.39 is 17.5 Å². The van der Waals surface area contributed by atoms with Crippen molar-refractivity contribution in [1.82, 2.24) is 25.3 Å². The van der Waals surface area contributed by atoms with Crippen LogP contribution in [0.15, 0.2) is 22.6 Å². The Morgan fingerprint density at radius 1 is 1.38 bits per heavy atom. The number of piperidine rings is 1. The summed E-state index contributed by atoms with van der Waals surface area (Å²) >= 11 is 0. The molecule has 2 aliphatic rings. The topological polar surface area (TPSA) is 92.7 Å². The second-order valence-corrected chi connectivity index (χ2v) is 7.34.